The number of halogens is 1. The van der Waals surface area contributed by atoms with Gasteiger partial charge >= 0.3 is 0 Å². The zero-order valence-corrected chi connectivity index (χ0v) is 14.6. The lowest BCUT2D eigenvalue weighted by molar-refractivity contribution is -0.127. The summed E-state index contributed by atoms with van der Waals surface area (Å²) in [6.45, 7) is 0. The number of benzene rings is 1. The van der Waals surface area contributed by atoms with Crippen molar-refractivity contribution >= 4 is 17.7 Å². The van der Waals surface area contributed by atoms with E-state index in [4.69, 9.17) is 5.73 Å². The molecule has 2 fully saturated rings. The summed E-state index contributed by atoms with van der Waals surface area (Å²) in [4.78, 5) is 36.2. The molecule has 2 aliphatic rings. The Hall–Kier alpha value is -2.44. The molecule has 140 valence electrons. The van der Waals surface area contributed by atoms with Gasteiger partial charge in [0.25, 0.3) is 5.91 Å². The predicted octanol–water partition coefficient (Wildman–Crippen LogP) is 1.64. The van der Waals surface area contributed by atoms with Gasteiger partial charge in [-0.3, -0.25) is 14.4 Å². The number of carbonyl (C=O) groups excluding carboxylic acids is 3. The van der Waals surface area contributed by atoms with Gasteiger partial charge in [0.15, 0.2) is 0 Å². The number of rotatable bonds is 6. The van der Waals surface area contributed by atoms with E-state index >= 15 is 0 Å². The maximum Gasteiger partial charge on any atom is 0.254 e. The second-order valence-corrected chi connectivity index (χ2v) is 7.48. The Balaban J connectivity index is 1.65. The van der Waals surface area contributed by atoms with Crippen LogP contribution in [-0.4, -0.2) is 29.8 Å². The first-order valence-electron chi connectivity index (χ1n) is 9.03. The summed E-state index contributed by atoms with van der Waals surface area (Å²) in [6, 6.07) is 4.41. The van der Waals surface area contributed by atoms with E-state index < -0.39 is 29.6 Å². The largest absolute Gasteiger partial charge is 0.370 e. The van der Waals surface area contributed by atoms with E-state index in [-0.39, 0.29) is 18.0 Å². The molecule has 3 amide bonds. The van der Waals surface area contributed by atoms with Gasteiger partial charge in [-0.1, -0.05) is 18.6 Å². The Bertz CT molecular complexity index is 718. The fraction of sp³-hybridized carbons (Fsp3) is 0.526. The zero-order valence-electron chi connectivity index (χ0n) is 14.6. The molecule has 2 atom stereocenters. The summed E-state index contributed by atoms with van der Waals surface area (Å²) >= 11 is 0. The van der Waals surface area contributed by atoms with Crippen molar-refractivity contribution in [3.63, 3.8) is 0 Å². The van der Waals surface area contributed by atoms with Crippen LogP contribution in [0.4, 0.5) is 4.39 Å². The molecule has 0 aliphatic heterocycles. The predicted molar refractivity (Wildman–Crippen MR) is 93.5 cm³/mol. The number of hydrogen-bond donors (Lipinski definition) is 3. The minimum atomic E-state index is -1.11. The van der Waals surface area contributed by atoms with Gasteiger partial charge in [0, 0.05) is 6.04 Å². The van der Waals surface area contributed by atoms with Gasteiger partial charge in [0.05, 0.1) is 12.0 Å². The third-order valence-electron chi connectivity index (χ3n) is 5.39. The van der Waals surface area contributed by atoms with Gasteiger partial charge < -0.3 is 16.4 Å². The van der Waals surface area contributed by atoms with Crippen molar-refractivity contribution < 1.29 is 18.8 Å². The monoisotopic (exact) mass is 361 g/mol. The van der Waals surface area contributed by atoms with Crippen molar-refractivity contribution in [2.24, 2.45) is 11.1 Å². The van der Waals surface area contributed by atoms with E-state index in [0.717, 1.165) is 25.3 Å². The highest BCUT2D eigenvalue weighted by atomic mass is 19.1. The highest BCUT2D eigenvalue weighted by Gasteiger charge is 2.46. The van der Waals surface area contributed by atoms with Crippen molar-refractivity contribution in [3.05, 3.63) is 35.6 Å². The van der Waals surface area contributed by atoms with E-state index in [0.29, 0.717) is 5.41 Å². The summed E-state index contributed by atoms with van der Waals surface area (Å²) in [5, 5.41) is 5.38. The number of primary amides is 1. The van der Waals surface area contributed by atoms with Crippen LogP contribution >= 0.6 is 0 Å². The van der Waals surface area contributed by atoms with E-state index in [9.17, 15) is 18.8 Å². The molecule has 7 heteroatoms. The lowest BCUT2D eigenvalue weighted by atomic mass is 9.83. The molecule has 2 aliphatic carbocycles. The molecule has 6 nitrogen and oxygen atoms in total. The van der Waals surface area contributed by atoms with Crippen LogP contribution in [0.2, 0.25) is 0 Å². The third-order valence-corrected chi connectivity index (χ3v) is 5.39. The maximum absolute atomic E-state index is 13.8. The summed E-state index contributed by atoms with van der Waals surface area (Å²) in [6.07, 6.45) is 6.16. The summed E-state index contributed by atoms with van der Waals surface area (Å²) in [5.41, 5.74) is 5.42. The van der Waals surface area contributed by atoms with Crippen molar-refractivity contribution in [3.8, 4) is 0 Å². The normalized spacial score (nSPS) is 21.7. The topological polar surface area (TPSA) is 101 Å². The Morgan fingerprint density at radius 2 is 1.96 bits per heavy atom. The van der Waals surface area contributed by atoms with Gasteiger partial charge in [-0.2, -0.15) is 0 Å². The van der Waals surface area contributed by atoms with E-state index in [1.807, 2.05) is 0 Å². The Kier molecular flexibility index (Phi) is 5.25. The lowest BCUT2D eigenvalue weighted by Crippen LogP contribution is -2.52. The van der Waals surface area contributed by atoms with Crippen LogP contribution in [0.5, 0.6) is 0 Å². The Labute approximate surface area is 151 Å². The van der Waals surface area contributed by atoms with Crippen LogP contribution in [0.15, 0.2) is 24.3 Å². The van der Waals surface area contributed by atoms with E-state index in [1.165, 1.54) is 37.5 Å². The van der Waals surface area contributed by atoms with Crippen LogP contribution in [-0.2, 0) is 9.59 Å². The van der Waals surface area contributed by atoms with Gasteiger partial charge in [-0.05, 0) is 49.7 Å². The molecule has 1 aromatic rings. The molecule has 2 unspecified atom stereocenters. The number of nitrogens with two attached hydrogens (primary N) is 1. The average molecular weight is 361 g/mol. The lowest BCUT2D eigenvalue weighted by Gasteiger charge is -2.31. The Morgan fingerprint density at radius 1 is 1.23 bits per heavy atom. The third kappa shape index (κ3) is 4.39. The molecule has 0 saturated heterocycles. The fourth-order valence-electron chi connectivity index (χ4n) is 3.80. The van der Waals surface area contributed by atoms with Gasteiger partial charge in [0.2, 0.25) is 11.8 Å². The highest BCUT2D eigenvalue weighted by molar-refractivity contribution is 5.99. The molecule has 0 heterocycles. The summed E-state index contributed by atoms with van der Waals surface area (Å²) in [7, 11) is 0. The standard InChI is InChI=1S/C19H24FN3O3/c20-14-6-2-1-5-13(14)17(25)23-15(10-16(21)24)18(26)22-12-4-3-7-19(11-12)8-9-19/h1-2,5-6,12,15H,3-4,7-11H2,(H2,21,24)(H,22,26)(H,23,25). The summed E-state index contributed by atoms with van der Waals surface area (Å²) in [5.74, 6) is -2.59. The van der Waals surface area contributed by atoms with Crippen LogP contribution < -0.4 is 16.4 Å². The molecule has 0 aromatic heterocycles. The second-order valence-electron chi connectivity index (χ2n) is 7.48. The van der Waals surface area contributed by atoms with Crippen LogP contribution in [0, 0.1) is 11.2 Å². The molecule has 1 aromatic carbocycles. The number of nitrogens with one attached hydrogen (secondary N) is 2. The fourth-order valence-corrected chi connectivity index (χ4v) is 3.80. The molecule has 26 heavy (non-hydrogen) atoms. The SMILES string of the molecule is NC(=O)CC(NC(=O)c1ccccc1F)C(=O)NC1CCCC2(CC2)C1. The van der Waals surface area contributed by atoms with Gasteiger partial charge in [-0.25, -0.2) is 4.39 Å². The number of carbonyl (C=O) groups is 3. The van der Waals surface area contributed by atoms with E-state index in [1.54, 1.807) is 0 Å². The van der Waals surface area contributed by atoms with Crippen LogP contribution in [0.3, 0.4) is 0 Å². The van der Waals surface area contributed by atoms with Crippen molar-refractivity contribution in [1.82, 2.24) is 10.6 Å². The van der Waals surface area contributed by atoms with Crippen molar-refractivity contribution in [2.45, 2.75) is 57.0 Å². The maximum atomic E-state index is 13.8. The average Bonchev–Trinajstić information content (AvgIpc) is 3.32. The van der Waals surface area contributed by atoms with Gasteiger partial charge in [0.1, 0.15) is 11.9 Å². The van der Waals surface area contributed by atoms with Crippen LogP contribution in [0.25, 0.3) is 0 Å². The molecule has 1 spiro atoms. The number of hydrogen-bond acceptors (Lipinski definition) is 3. The molecule has 2 saturated carbocycles. The molecule has 0 bridgehead atoms. The Morgan fingerprint density at radius 3 is 2.62 bits per heavy atom. The molecular weight excluding hydrogens is 337 g/mol. The molecular formula is C19H24FN3O3. The minimum absolute atomic E-state index is 0.0412. The first kappa shape index (κ1) is 18.4. The highest BCUT2D eigenvalue weighted by Crippen LogP contribution is 2.56. The smallest absolute Gasteiger partial charge is 0.254 e. The van der Waals surface area contributed by atoms with Crippen molar-refractivity contribution in [1.29, 1.82) is 0 Å². The molecule has 0 radical (unpaired) electrons. The molecule has 3 rings (SSSR count). The van der Waals surface area contributed by atoms with Crippen LogP contribution in [0.1, 0.15) is 55.3 Å². The first-order valence-corrected chi connectivity index (χ1v) is 9.03. The zero-order chi connectivity index (χ0) is 18.7. The quantitative estimate of drug-likeness (QED) is 0.718. The van der Waals surface area contributed by atoms with Crippen molar-refractivity contribution in [2.75, 3.05) is 0 Å². The number of amides is 3. The van der Waals surface area contributed by atoms with Gasteiger partial charge in [-0.15, -0.1) is 0 Å². The second kappa shape index (κ2) is 7.43. The summed E-state index contributed by atoms with van der Waals surface area (Å²) < 4.78 is 13.8. The first-order chi connectivity index (χ1) is 12.4. The minimum Gasteiger partial charge on any atom is -0.370 e. The van der Waals surface area contributed by atoms with E-state index in [2.05, 4.69) is 10.6 Å². The molecule has 4 N–H and O–H groups in total.